The van der Waals surface area contributed by atoms with E-state index in [-0.39, 0.29) is 5.69 Å². The largest absolute Gasteiger partial charge is 0.395 e. The van der Waals surface area contributed by atoms with Gasteiger partial charge in [0.1, 0.15) is 5.82 Å². The van der Waals surface area contributed by atoms with Crippen LogP contribution in [0.25, 0.3) is 0 Å². The summed E-state index contributed by atoms with van der Waals surface area (Å²) in [5, 5.41) is 3.69. The van der Waals surface area contributed by atoms with E-state index >= 15 is 0 Å². The Balaban J connectivity index is 2.40. The SMILES string of the molecule is Cc1cc(Br)c(Nc2cccc(F)c2N)cc1Cl. The van der Waals surface area contributed by atoms with Crippen molar-refractivity contribution in [1.29, 1.82) is 0 Å². The van der Waals surface area contributed by atoms with Crippen LogP contribution in [0.15, 0.2) is 34.8 Å². The van der Waals surface area contributed by atoms with Gasteiger partial charge in [0.05, 0.1) is 17.1 Å². The topological polar surface area (TPSA) is 38.0 Å². The van der Waals surface area contributed by atoms with Gasteiger partial charge in [-0.2, -0.15) is 0 Å². The fraction of sp³-hybridized carbons (Fsp3) is 0.0769. The van der Waals surface area contributed by atoms with Crippen LogP contribution in [0.1, 0.15) is 5.56 Å². The number of hydrogen-bond acceptors (Lipinski definition) is 2. The molecular weight excluding hydrogens is 319 g/mol. The summed E-state index contributed by atoms with van der Waals surface area (Å²) in [5.41, 5.74) is 7.96. The second kappa shape index (κ2) is 5.16. The van der Waals surface area contributed by atoms with Crippen LogP contribution >= 0.6 is 27.5 Å². The molecule has 0 atom stereocenters. The van der Waals surface area contributed by atoms with Crippen LogP contribution in [0.4, 0.5) is 21.5 Å². The molecule has 0 fully saturated rings. The number of aryl methyl sites for hydroxylation is 1. The molecule has 0 amide bonds. The van der Waals surface area contributed by atoms with Crippen molar-refractivity contribution in [2.75, 3.05) is 11.1 Å². The molecule has 0 saturated carbocycles. The van der Waals surface area contributed by atoms with Gasteiger partial charge in [0.15, 0.2) is 0 Å². The van der Waals surface area contributed by atoms with Crippen molar-refractivity contribution in [2.45, 2.75) is 6.92 Å². The number of nitrogens with one attached hydrogen (secondary N) is 1. The smallest absolute Gasteiger partial charge is 0.148 e. The summed E-state index contributed by atoms with van der Waals surface area (Å²) in [6.07, 6.45) is 0. The molecule has 3 N–H and O–H groups in total. The van der Waals surface area contributed by atoms with Gasteiger partial charge in [-0.3, -0.25) is 0 Å². The zero-order chi connectivity index (χ0) is 13.3. The van der Waals surface area contributed by atoms with E-state index in [4.69, 9.17) is 17.3 Å². The third-order valence-corrected chi connectivity index (χ3v) is 3.63. The number of halogens is 3. The maximum absolute atomic E-state index is 13.3. The molecule has 0 heterocycles. The number of nitrogens with two attached hydrogens (primary N) is 1. The van der Waals surface area contributed by atoms with E-state index in [1.54, 1.807) is 18.2 Å². The summed E-state index contributed by atoms with van der Waals surface area (Å²) in [6, 6.07) is 8.28. The molecule has 18 heavy (non-hydrogen) atoms. The molecule has 0 bridgehead atoms. The maximum Gasteiger partial charge on any atom is 0.148 e. The van der Waals surface area contributed by atoms with Crippen LogP contribution in [0, 0.1) is 12.7 Å². The first-order valence-electron chi connectivity index (χ1n) is 5.25. The third kappa shape index (κ3) is 2.60. The number of nitrogen functional groups attached to an aromatic ring is 1. The van der Waals surface area contributed by atoms with Crippen LogP contribution in [0.2, 0.25) is 5.02 Å². The maximum atomic E-state index is 13.3. The Morgan fingerprint density at radius 1 is 1.28 bits per heavy atom. The van der Waals surface area contributed by atoms with E-state index in [1.807, 2.05) is 13.0 Å². The zero-order valence-electron chi connectivity index (χ0n) is 9.60. The van der Waals surface area contributed by atoms with Crippen molar-refractivity contribution in [1.82, 2.24) is 0 Å². The average molecular weight is 330 g/mol. The molecule has 2 rings (SSSR count). The van der Waals surface area contributed by atoms with E-state index in [0.717, 1.165) is 15.7 Å². The van der Waals surface area contributed by atoms with Crippen LogP contribution in [-0.4, -0.2) is 0 Å². The molecule has 0 aromatic heterocycles. The van der Waals surface area contributed by atoms with Gasteiger partial charge < -0.3 is 11.1 Å². The average Bonchev–Trinajstić information content (AvgIpc) is 2.32. The van der Waals surface area contributed by atoms with E-state index < -0.39 is 5.82 Å². The molecule has 94 valence electrons. The van der Waals surface area contributed by atoms with Gasteiger partial charge in [-0.05, 0) is 52.7 Å². The number of benzene rings is 2. The zero-order valence-corrected chi connectivity index (χ0v) is 11.9. The summed E-state index contributed by atoms with van der Waals surface area (Å²) in [7, 11) is 0. The van der Waals surface area contributed by atoms with Gasteiger partial charge in [0.25, 0.3) is 0 Å². The van der Waals surface area contributed by atoms with Crippen LogP contribution in [0.5, 0.6) is 0 Å². The van der Waals surface area contributed by atoms with Crippen molar-refractivity contribution in [3.8, 4) is 0 Å². The third-order valence-electron chi connectivity index (χ3n) is 2.57. The monoisotopic (exact) mass is 328 g/mol. The van der Waals surface area contributed by atoms with Crippen LogP contribution < -0.4 is 11.1 Å². The molecule has 0 radical (unpaired) electrons. The summed E-state index contributed by atoms with van der Waals surface area (Å²) < 4.78 is 14.2. The van der Waals surface area contributed by atoms with Crippen molar-refractivity contribution in [3.63, 3.8) is 0 Å². The van der Waals surface area contributed by atoms with Gasteiger partial charge in [-0.25, -0.2) is 4.39 Å². The Kier molecular flexibility index (Phi) is 3.78. The van der Waals surface area contributed by atoms with Gasteiger partial charge in [0, 0.05) is 9.50 Å². The Labute approximate surface area is 118 Å². The second-order valence-corrected chi connectivity index (χ2v) is 5.17. The fourth-order valence-electron chi connectivity index (χ4n) is 1.53. The minimum Gasteiger partial charge on any atom is -0.395 e. The van der Waals surface area contributed by atoms with Crippen molar-refractivity contribution >= 4 is 44.6 Å². The van der Waals surface area contributed by atoms with Crippen LogP contribution in [0.3, 0.4) is 0 Å². The first-order valence-corrected chi connectivity index (χ1v) is 6.43. The molecule has 0 unspecified atom stereocenters. The summed E-state index contributed by atoms with van der Waals surface area (Å²) in [4.78, 5) is 0. The highest BCUT2D eigenvalue weighted by molar-refractivity contribution is 9.10. The van der Waals surface area contributed by atoms with Crippen molar-refractivity contribution < 1.29 is 4.39 Å². The predicted molar refractivity (Wildman–Crippen MR) is 78.0 cm³/mol. The first kappa shape index (κ1) is 13.2. The lowest BCUT2D eigenvalue weighted by molar-refractivity contribution is 0.633. The molecule has 0 aliphatic rings. The predicted octanol–water partition coefficient (Wildman–Crippen LogP) is 4.88. The van der Waals surface area contributed by atoms with Gasteiger partial charge >= 0.3 is 0 Å². The normalized spacial score (nSPS) is 10.4. The summed E-state index contributed by atoms with van der Waals surface area (Å²) in [5.74, 6) is -0.450. The Bertz CT molecular complexity index is 602. The lowest BCUT2D eigenvalue weighted by atomic mass is 10.2. The Hall–Kier alpha value is -1.26. The summed E-state index contributed by atoms with van der Waals surface area (Å²) in [6.45, 7) is 1.91. The molecule has 0 aliphatic carbocycles. The van der Waals surface area contributed by atoms with Crippen molar-refractivity contribution in [2.24, 2.45) is 0 Å². The van der Waals surface area contributed by atoms with Crippen LogP contribution in [-0.2, 0) is 0 Å². The molecule has 2 aromatic carbocycles. The Morgan fingerprint density at radius 2 is 2.00 bits per heavy atom. The van der Waals surface area contributed by atoms with Crippen molar-refractivity contribution in [3.05, 3.63) is 51.2 Å². The molecular formula is C13H11BrClFN2. The van der Waals surface area contributed by atoms with E-state index in [0.29, 0.717) is 10.7 Å². The molecule has 0 aliphatic heterocycles. The fourth-order valence-corrected chi connectivity index (χ4v) is 2.25. The minimum absolute atomic E-state index is 0.0843. The minimum atomic E-state index is -0.450. The highest BCUT2D eigenvalue weighted by Gasteiger charge is 2.08. The van der Waals surface area contributed by atoms with Gasteiger partial charge in [-0.1, -0.05) is 17.7 Å². The molecule has 2 nitrogen and oxygen atoms in total. The Morgan fingerprint density at radius 3 is 2.72 bits per heavy atom. The standard InChI is InChI=1S/C13H11BrClFN2/c1-7-5-8(14)12(6-9(7)15)18-11-4-2-3-10(16)13(11)17/h2-6,18H,17H2,1H3. The quantitative estimate of drug-likeness (QED) is 0.771. The first-order chi connectivity index (χ1) is 8.49. The molecule has 5 heteroatoms. The number of para-hydroxylation sites is 1. The lowest BCUT2D eigenvalue weighted by Gasteiger charge is -2.12. The highest BCUT2D eigenvalue weighted by Crippen LogP contribution is 2.33. The molecule has 2 aromatic rings. The second-order valence-electron chi connectivity index (χ2n) is 3.91. The summed E-state index contributed by atoms with van der Waals surface area (Å²) >= 11 is 9.48. The van der Waals surface area contributed by atoms with Gasteiger partial charge in [-0.15, -0.1) is 0 Å². The van der Waals surface area contributed by atoms with Gasteiger partial charge in [0.2, 0.25) is 0 Å². The van der Waals surface area contributed by atoms with E-state index in [2.05, 4.69) is 21.2 Å². The number of rotatable bonds is 2. The molecule has 0 saturated heterocycles. The van der Waals surface area contributed by atoms with E-state index in [1.165, 1.54) is 6.07 Å². The molecule has 0 spiro atoms. The number of anilines is 3. The number of hydrogen-bond donors (Lipinski definition) is 2. The van der Waals surface area contributed by atoms with E-state index in [9.17, 15) is 4.39 Å². The highest BCUT2D eigenvalue weighted by atomic mass is 79.9. The lowest BCUT2D eigenvalue weighted by Crippen LogP contribution is -1.99.